The summed E-state index contributed by atoms with van der Waals surface area (Å²) < 4.78 is 7.35. The van der Waals surface area contributed by atoms with Crippen molar-refractivity contribution in [3.63, 3.8) is 0 Å². The first kappa shape index (κ1) is 12.7. The second-order valence-electron chi connectivity index (χ2n) is 4.39. The molecule has 0 N–H and O–H groups in total. The topological polar surface area (TPSA) is 38.0 Å². The van der Waals surface area contributed by atoms with E-state index < -0.39 is 0 Å². The molecule has 0 amide bonds. The summed E-state index contributed by atoms with van der Waals surface area (Å²) in [5, 5.41) is 10.2. The first-order valence-corrected chi connectivity index (χ1v) is 6.31. The molecule has 3 nitrogen and oxygen atoms in total. The van der Waals surface area contributed by atoms with Crippen LogP contribution >= 0.6 is 0 Å². The van der Waals surface area contributed by atoms with E-state index in [-0.39, 0.29) is 0 Å². The highest BCUT2D eigenvalue weighted by Gasteiger charge is 2.07. The minimum absolute atomic E-state index is 0.729. The van der Waals surface area contributed by atoms with Crippen LogP contribution in [0.4, 0.5) is 0 Å². The molecule has 1 aromatic heterocycles. The molecule has 0 atom stereocenters. The molecular formula is C15H18N2O. The van der Waals surface area contributed by atoms with E-state index in [1.807, 2.05) is 18.2 Å². The number of methoxy groups -OCH3 is 1. The van der Waals surface area contributed by atoms with E-state index in [0.717, 1.165) is 31.6 Å². The van der Waals surface area contributed by atoms with E-state index >= 15 is 0 Å². The maximum Gasteiger partial charge on any atom is 0.0991 e. The Balaban J connectivity index is 2.40. The summed E-state index contributed by atoms with van der Waals surface area (Å²) in [6, 6.07) is 8.11. The van der Waals surface area contributed by atoms with Crippen molar-refractivity contribution in [1.82, 2.24) is 4.57 Å². The lowest BCUT2D eigenvalue weighted by molar-refractivity contribution is 0.190. The quantitative estimate of drug-likeness (QED) is 0.755. The van der Waals surface area contributed by atoms with Crippen LogP contribution < -0.4 is 0 Å². The van der Waals surface area contributed by atoms with E-state index in [1.54, 1.807) is 7.11 Å². The fraction of sp³-hybridized carbons (Fsp3) is 0.400. The lowest BCUT2D eigenvalue weighted by atomic mass is 10.1. The molecule has 18 heavy (non-hydrogen) atoms. The van der Waals surface area contributed by atoms with E-state index in [1.165, 1.54) is 16.5 Å². The predicted octanol–water partition coefficient (Wildman–Crippen LogP) is 3.11. The monoisotopic (exact) mass is 242 g/mol. The number of hydrogen-bond acceptors (Lipinski definition) is 2. The number of aromatic nitrogens is 1. The van der Waals surface area contributed by atoms with Crippen molar-refractivity contribution < 1.29 is 4.74 Å². The Morgan fingerprint density at radius 3 is 2.89 bits per heavy atom. The number of nitrogens with zero attached hydrogens (tertiary/aromatic N) is 2. The van der Waals surface area contributed by atoms with Gasteiger partial charge in [-0.15, -0.1) is 0 Å². The zero-order chi connectivity index (χ0) is 13.0. The van der Waals surface area contributed by atoms with E-state index in [9.17, 15) is 0 Å². The van der Waals surface area contributed by atoms with Crippen molar-refractivity contribution in [3.05, 3.63) is 35.5 Å². The van der Waals surface area contributed by atoms with Gasteiger partial charge in [-0.1, -0.05) is 6.92 Å². The van der Waals surface area contributed by atoms with Gasteiger partial charge in [-0.25, -0.2) is 0 Å². The number of aryl methyl sites for hydroxylation is 2. The molecule has 0 spiro atoms. The number of rotatable bonds is 5. The average molecular weight is 242 g/mol. The smallest absolute Gasteiger partial charge is 0.0991 e. The Labute approximate surface area is 108 Å². The lowest BCUT2D eigenvalue weighted by Gasteiger charge is -2.04. The van der Waals surface area contributed by atoms with Gasteiger partial charge in [0.05, 0.1) is 11.6 Å². The van der Waals surface area contributed by atoms with Crippen molar-refractivity contribution >= 4 is 10.9 Å². The third-order valence-corrected chi connectivity index (χ3v) is 3.22. The second-order valence-corrected chi connectivity index (χ2v) is 4.39. The van der Waals surface area contributed by atoms with Crippen molar-refractivity contribution in [2.75, 3.05) is 13.7 Å². The van der Waals surface area contributed by atoms with Gasteiger partial charge in [0.1, 0.15) is 0 Å². The fourth-order valence-corrected chi connectivity index (χ4v) is 2.29. The van der Waals surface area contributed by atoms with Gasteiger partial charge in [0.25, 0.3) is 0 Å². The molecule has 3 heteroatoms. The Bertz CT molecular complexity index is 578. The lowest BCUT2D eigenvalue weighted by Crippen LogP contribution is -1.99. The average Bonchev–Trinajstić information content (AvgIpc) is 2.76. The molecule has 0 unspecified atom stereocenters. The minimum atomic E-state index is 0.729. The van der Waals surface area contributed by atoms with Gasteiger partial charge in [-0.3, -0.25) is 0 Å². The summed E-state index contributed by atoms with van der Waals surface area (Å²) in [6.45, 7) is 3.88. The van der Waals surface area contributed by atoms with Crippen LogP contribution in [-0.4, -0.2) is 18.3 Å². The molecule has 0 saturated heterocycles. The maximum atomic E-state index is 8.97. The largest absolute Gasteiger partial charge is 0.385 e. The Morgan fingerprint density at radius 1 is 1.39 bits per heavy atom. The van der Waals surface area contributed by atoms with Gasteiger partial charge in [0.15, 0.2) is 0 Å². The van der Waals surface area contributed by atoms with Crippen LogP contribution in [0, 0.1) is 11.3 Å². The first-order chi connectivity index (χ1) is 8.80. The highest BCUT2D eigenvalue weighted by atomic mass is 16.5. The predicted molar refractivity (Wildman–Crippen MR) is 72.5 cm³/mol. The third kappa shape index (κ3) is 2.39. The zero-order valence-corrected chi connectivity index (χ0v) is 10.9. The second kappa shape index (κ2) is 5.70. The molecule has 0 aliphatic heterocycles. The molecule has 0 fully saturated rings. The van der Waals surface area contributed by atoms with Crippen LogP contribution in [0.5, 0.6) is 0 Å². The van der Waals surface area contributed by atoms with Crippen LogP contribution in [0.25, 0.3) is 10.9 Å². The zero-order valence-electron chi connectivity index (χ0n) is 10.9. The first-order valence-electron chi connectivity index (χ1n) is 6.31. The van der Waals surface area contributed by atoms with Crippen molar-refractivity contribution in [1.29, 1.82) is 5.26 Å². The van der Waals surface area contributed by atoms with Crippen molar-refractivity contribution in [2.45, 2.75) is 26.3 Å². The van der Waals surface area contributed by atoms with Gasteiger partial charge < -0.3 is 9.30 Å². The van der Waals surface area contributed by atoms with Crippen molar-refractivity contribution in [3.8, 4) is 6.07 Å². The third-order valence-electron chi connectivity index (χ3n) is 3.22. The van der Waals surface area contributed by atoms with Gasteiger partial charge in [0, 0.05) is 37.4 Å². The number of nitriles is 1. The summed E-state index contributed by atoms with van der Waals surface area (Å²) in [6.07, 6.45) is 4.19. The number of fused-ring (bicyclic) bond motifs is 1. The fourth-order valence-electron chi connectivity index (χ4n) is 2.29. The van der Waals surface area contributed by atoms with Crippen LogP contribution in [0.2, 0.25) is 0 Å². The summed E-state index contributed by atoms with van der Waals surface area (Å²) in [5.41, 5.74) is 3.24. The molecule has 2 rings (SSSR count). The van der Waals surface area contributed by atoms with E-state index in [0.29, 0.717) is 0 Å². The molecular weight excluding hydrogens is 224 g/mol. The number of benzene rings is 1. The van der Waals surface area contributed by atoms with Crippen LogP contribution in [-0.2, 0) is 17.7 Å². The molecule has 0 saturated carbocycles. The van der Waals surface area contributed by atoms with Gasteiger partial charge in [-0.05, 0) is 36.6 Å². The summed E-state index contributed by atoms with van der Waals surface area (Å²) in [4.78, 5) is 0. The molecule has 94 valence electrons. The highest BCUT2D eigenvalue weighted by molar-refractivity contribution is 5.85. The SMILES string of the molecule is CCc1cn(CCCOC)c2ccc(C#N)cc12. The molecule has 1 heterocycles. The van der Waals surface area contributed by atoms with Crippen LogP contribution in [0.1, 0.15) is 24.5 Å². The molecule has 0 bridgehead atoms. The molecule has 0 aliphatic rings. The maximum absolute atomic E-state index is 8.97. The van der Waals surface area contributed by atoms with E-state index in [2.05, 4.69) is 23.8 Å². The van der Waals surface area contributed by atoms with Gasteiger partial charge in [-0.2, -0.15) is 5.26 Å². The number of hydrogen-bond donors (Lipinski definition) is 0. The van der Waals surface area contributed by atoms with Gasteiger partial charge >= 0.3 is 0 Å². The van der Waals surface area contributed by atoms with E-state index in [4.69, 9.17) is 10.00 Å². The molecule has 1 aromatic carbocycles. The molecule has 0 aliphatic carbocycles. The Morgan fingerprint density at radius 2 is 2.22 bits per heavy atom. The standard InChI is InChI=1S/C15H18N2O/c1-3-13-11-17(7-4-8-18-2)15-6-5-12(10-16)9-14(13)15/h5-6,9,11H,3-4,7-8H2,1-2H3. The highest BCUT2D eigenvalue weighted by Crippen LogP contribution is 2.23. The molecule has 2 aromatic rings. The van der Waals surface area contributed by atoms with Gasteiger partial charge in [0.2, 0.25) is 0 Å². The van der Waals surface area contributed by atoms with Crippen LogP contribution in [0.15, 0.2) is 24.4 Å². The Kier molecular flexibility index (Phi) is 4.01. The van der Waals surface area contributed by atoms with Crippen LogP contribution in [0.3, 0.4) is 0 Å². The minimum Gasteiger partial charge on any atom is -0.385 e. The molecule has 0 radical (unpaired) electrons. The van der Waals surface area contributed by atoms with Crippen molar-refractivity contribution in [2.24, 2.45) is 0 Å². The normalized spacial score (nSPS) is 10.7. The summed E-state index contributed by atoms with van der Waals surface area (Å²) in [5.74, 6) is 0. The summed E-state index contributed by atoms with van der Waals surface area (Å²) >= 11 is 0. The Hall–Kier alpha value is -1.79. The summed E-state index contributed by atoms with van der Waals surface area (Å²) in [7, 11) is 1.73. The number of ether oxygens (including phenoxy) is 1.